The molecular formula is C13H15N5O2. The Hall–Kier alpha value is -2.38. The summed E-state index contributed by atoms with van der Waals surface area (Å²) in [5, 5.41) is 17.8. The fourth-order valence-electron chi connectivity index (χ4n) is 2.33. The summed E-state index contributed by atoms with van der Waals surface area (Å²) in [6, 6.07) is 3.74. The Morgan fingerprint density at radius 2 is 2.05 bits per heavy atom. The molecule has 1 aromatic rings. The van der Waals surface area contributed by atoms with E-state index in [-0.39, 0.29) is 36.0 Å². The number of nitrogens with zero attached hydrogens (tertiary/aromatic N) is 5. The number of carbonyl (C=O) groups is 1. The zero-order valence-corrected chi connectivity index (χ0v) is 11.4. The van der Waals surface area contributed by atoms with E-state index in [1.54, 1.807) is 4.90 Å². The number of amides is 1. The van der Waals surface area contributed by atoms with Crippen LogP contribution < -0.4 is 0 Å². The molecule has 0 unspecified atom stereocenters. The molecule has 0 radical (unpaired) electrons. The van der Waals surface area contributed by atoms with Crippen LogP contribution in [0.5, 0.6) is 0 Å². The maximum atomic E-state index is 12.3. The normalized spacial score (nSPS) is 22.1. The summed E-state index contributed by atoms with van der Waals surface area (Å²) in [4.78, 5) is 17.8. The summed E-state index contributed by atoms with van der Waals surface area (Å²) in [5.41, 5.74) is 0.166. The maximum absolute atomic E-state index is 12.3. The third kappa shape index (κ3) is 2.79. The molecule has 0 aromatic carbocycles. The fourth-order valence-corrected chi connectivity index (χ4v) is 2.33. The number of morpholine rings is 1. The maximum Gasteiger partial charge on any atom is 0.242 e. The Bertz CT molecular complexity index is 585. The predicted molar refractivity (Wildman–Crippen MR) is 68.2 cm³/mol. The van der Waals surface area contributed by atoms with Crippen LogP contribution in [-0.2, 0) is 16.1 Å². The van der Waals surface area contributed by atoms with Crippen LogP contribution in [0.15, 0.2) is 6.33 Å². The smallest absolute Gasteiger partial charge is 0.242 e. The van der Waals surface area contributed by atoms with Gasteiger partial charge in [-0.3, -0.25) is 4.79 Å². The molecule has 2 rings (SSSR count). The third-order valence-electron chi connectivity index (χ3n) is 3.13. The van der Waals surface area contributed by atoms with E-state index in [1.165, 1.54) is 10.9 Å². The first-order valence-corrected chi connectivity index (χ1v) is 6.33. The SMILES string of the molecule is C[C@H]1CN(C(=O)Cn2cnc(C#N)c2C#N)C[C@H](C)O1. The topological polar surface area (TPSA) is 94.9 Å². The van der Waals surface area contributed by atoms with E-state index in [2.05, 4.69) is 4.98 Å². The Morgan fingerprint density at radius 1 is 1.40 bits per heavy atom. The van der Waals surface area contributed by atoms with Crippen molar-refractivity contribution in [3.63, 3.8) is 0 Å². The molecule has 0 spiro atoms. The van der Waals surface area contributed by atoms with Gasteiger partial charge >= 0.3 is 0 Å². The summed E-state index contributed by atoms with van der Waals surface area (Å²) in [5.74, 6) is -0.106. The van der Waals surface area contributed by atoms with Gasteiger partial charge in [-0.05, 0) is 13.8 Å². The van der Waals surface area contributed by atoms with E-state index in [9.17, 15) is 4.79 Å². The van der Waals surface area contributed by atoms with Gasteiger partial charge in [0.1, 0.15) is 18.7 Å². The molecule has 104 valence electrons. The highest BCUT2D eigenvalue weighted by molar-refractivity contribution is 5.76. The van der Waals surface area contributed by atoms with Gasteiger partial charge in [0.2, 0.25) is 5.91 Å². The zero-order chi connectivity index (χ0) is 14.7. The van der Waals surface area contributed by atoms with Crippen LogP contribution >= 0.6 is 0 Å². The molecule has 0 saturated carbocycles. The lowest BCUT2D eigenvalue weighted by Crippen LogP contribution is -2.49. The highest BCUT2D eigenvalue weighted by Gasteiger charge is 2.26. The Kier molecular flexibility index (Phi) is 4.02. The molecule has 2 atom stereocenters. The summed E-state index contributed by atoms with van der Waals surface area (Å²) < 4.78 is 6.98. The largest absolute Gasteiger partial charge is 0.372 e. The van der Waals surface area contributed by atoms with Crippen molar-refractivity contribution in [1.82, 2.24) is 14.5 Å². The molecule has 1 saturated heterocycles. The number of hydrogen-bond acceptors (Lipinski definition) is 5. The lowest BCUT2D eigenvalue weighted by molar-refractivity contribution is -0.143. The van der Waals surface area contributed by atoms with E-state index < -0.39 is 0 Å². The van der Waals surface area contributed by atoms with Crippen LogP contribution in [0, 0.1) is 22.7 Å². The van der Waals surface area contributed by atoms with E-state index in [0.717, 1.165) is 0 Å². The Balaban J connectivity index is 2.11. The second-order valence-corrected chi connectivity index (χ2v) is 4.85. The molecule has 1 aliphatic rings. The molecule has 7 nitrogen and oxygen atoms in total. The van der Waals surface area contributed by atoms with Gasteiger partial charge in [-0.1, -0.05) is 0 Å². The minimum absolute atomic E-state index is 0.00408. The predicted octanol–water partition coefficient (Wildman–Crippen LogP) is 0.262. The third-order valence-corrected chi connectivity index (χ3v) is 3.13. The van der Waals surface area contributed by atoms with Crippen LogP contribution in [0.3, 0.4) is 0 Å². The molecule has 2 heterocycles. The lowest BCUT2D eigenvalue weighted by atomic mass is 10.2. The van der Waals surface area contributed by atoms with Gasteiger partial charge in [0.25, 0.3) is 0 Å². The fraction of sp³-hybridized carbons (Fsp3) is 0.538. The lowest BCUT2D eigenvalue weighted by Gasteiger charge is -2.35. The zero-order valence-electron chi connectivity index (χ0n) is 11.4. The Morgan fingerprint density at radius 3 is 2.60 bits per heavy atom. The van der Waals surface area contributed by atoms with Crippen molar-refractivity contribution < 1.29 is 9.53 Å². The first kappa shape index (κ1) is 14.0. The van der Waals surface area contributed by atoms with E-state index in [0.29, 0.717) is 13.1 Å². The second-order valence-electron chi connectivity index (χ2n) is 4.85. The minimum Gasteiger partial charge on any atom is -0.372 e. The summed E-state index contributed by atoms with van der Waals surface area (Å²) in [7, 11) is 0. The summed E-state index contributed by atoms with van der Waals surface area (Å²) in [6.07, 6.45) is 1.34. The first-order chi connectivity index (χ1) is 9.55. The van der Waals surface area contributed by atoms with E-state index in [1.807, 2.05) is 26.0 Å². The van der Waals surface area contributed by atoms with Gasteiger partial charge in [0, 0.05) is 13.1 Å². The molecule has 20 heavy (non-hydrogen) atoms. The van der Waals surface area contributed by atoms with Crippen LogP contribution in [0.1, 0.15) is 25.2 Å². The quantitative estimate of drug-likeness (QED) is 0.770. The van der Waals surface area contributed by atoms with Crippen molar-refractivity contribution >= 4 is 5.91 Å². The number of ether oxygens (including phenoxy) is 1. The van der Waals surface area contributed by atoms with Gasteiger partial charge in [-0.2, -0.15) is 10.5 Å². The van der Waals surface area contributed by atoms with Crippen LogP contribution in [-0.4, -0.2) is 45.7 Å². The van der Waals surface area contributed by atoms with E-state index >= 15 is 0 Å². The number of carbonyl (C=O) groups excluding carboxylic acids is 1. The van der Waals surface area contributed by atoms with E-state index in [4.69, 9.17) is 15.3 Å². The molecular weight excluding hydrogens is 258 g/mol. The monoisotopic (exact) mass is 273 g/mol. The molecule has 1 aliphatic heterocycles. The second kappa shape index (κ2) is 5.72. The number of nitriles is 2. The molecule has 0 N–H and O–H groups in total. The average Bonchev–Trinajstić information content (AvgIpc) is 2.79. The molecule has 7 heteroatoms. The summed E-state index contributed by atoms with van der Waals surface area (Å²) in [6.45, 7) is 4.91. The highest BCUT2D eigenvalue weighted by Crippen LogP contribution is 2.12. The molecule has 1 amide bonds. The van der Waals surface area contributed by atoms with Gasteiger partial charge < -0.3 is 14.2 Å². The van der Waals surface area contributed by atoms with Crippen molar-refractivity contribution in [3.05, 3.63) is 17.7 Å². The highest BCUT2D eigenvalue weighted by atomic mass is 16.5. The first-order valence-electron chi connectivity index (χ1n) is 6.33. The van der Waals surface area contributed by atoms with Crippen LogP contribution in [0.2, 0.25) is 0 Å². The van der Waals surface area contributed by atoms with Crippen molar-refractivity contribution in [3.8, 4) is 12.1 Å². The summed E-state index contributed by atoms with van der Waals surface area (Å²) >= 11 is 0. The standard InChI is InChI=1S/C13H15N5O2/c1-9-5-17(6-10(2)20-9)13(19)7-18-8-16-11(3-14)12(18)4-15/h8-10H,5-7H2,1-2H3/t9-,10-/m0/s1. The van der Waals surface area contributed by atoms with Crippen molar-refractivity contribution in [2.45, 2.75) is 32.6 Å². The van der Waals surface area contributed by atoms with Crippen molar-refractivity contribution in [1.29, 1.82) is 10.5 Å². The van der Waals surface area contributed by atoms with Crippen LogP contribution in [0.4, 0.5) is 0 Å². The number of aromatic nitrogens is 2. The molecule has 0 aliphatic carbocycles. The van der Waals surface area contributed by atoms with Crippen molar-refractivity contribution in [2.75, 3.05) is 13.1 Å². The Labute approximate surface area is 117 Å². The van der Waals surface area contributed by atoms with Crippen molar-refractivity contribution in [2.24, 2.45) is 0 Å². The number of hydrogen-bond donors (Lipinski definition) is 0. The van der Waals surface area contributed by atoms with Crippen LogP contribution in [0.25, 0.3) is 0 Å². The average molecular weight is 273 g/mol. The molecule has 1 aromatic heterocycles. The molecule has 0 bridgehead atoms. The van der Waals surface area contributed by atoms with Gasteiger partial charge in [-0.15, -0.1) is 0 Å². The number of rotatable bonds is 2. The number of imidazole rings is 1. The van der Waals surface area contributed by atoms with Gasteiger partial charge in [0.15, 0.2) is 11.4 Å². The minimum atomic E-state index is -0.106. The van der Waals surface area contributed by atoms with Gasteiger partial charge in [-0.25, -0.2) is 4.98 Å². The molecule has 1 fully saturated rings. The van der Waals surface area contributed by atoms with Gasteiger partial charge in [0.05, 0.1) is 18.5 Å².